The molecule has 0 aliphatic carbocycles. The minimum absolute atomic E-state index is 0.116. The molecule has 1 atom stereocenters. The Hall–Kier alpha value is -3.01. The normalized spacial score (nSPS) is 11.8. The third-order valence-corrected chi connectivity index (χ3v) is 4.54. The lowest BCUT2D eigenvalue weighted by atomic mass is 10.1. The van der Waals surface area contributed by atoms with Crippen LogP contribution in [0.15, 0.2) is 48.7 Å². The van der Waals surface area contributed by atoms with Gasteiger partial charge in [0.1, 0.15) is 11.9 Å². The van der Waals surface area contributed by atoms with Gasteiger partial charge in [0.2, 0.25) is 5.91 Å². The highest BCUT2D eigenvalue weighted by molar-refractivity contribution is 6.31. The summed E-state index contributed by atoms with van der Waals surface area (Å²) in [5.74, 6) is -2.23. The van der Waals surface area contributed by atoms with Crippen molar-refractivity contribution in [2.75, 3.05) is 11.9 Å². The van der Waals surface area contributed by atoms with Crippen molar-refractivity contribution in [2.24, 2.45) is 0 Å². The molecule has 0 spiro atoms. The molecule has 0 bridgehead atoms. The lowest BCUT2D eigenvalue weighted by molar-refractivity contribution is -0.139. The second-order valence-electron chi connectivity index (χ2n) is 6.26. The molecule has 0 aliphatic heterocycles. The predicted octanol–water partition coefficient (Wildman–Crippen LogP) is 2.94. The third-order valence-electron chi connectivity index (χ3n) is 4.13. The lowest BCUT2D eigenvalue weighted by Crippen LogP contribution is -2.42. The Labute approximate surface area is 180 Å². The summed E-state index contributed by atoms with van der Waals surface area (Å²) < 4.78 is 15.2. The number of aliphatic carboxylic acids is 1. The Morgan fingerprint density at radius 3 is 2.63 bits per heavy atom. The van der Waals surface area contributed by atoms with Gasteiger partial charge in [-0.2, -0.15) is 0 Å². The monoisotopic (exact) mass is 451 g/mol. The topological polar surface area (TPSA) is 109 Å². The van der Waals surface area contributed by atoms with Crippen LogP contribution in [0, 0.1) is 5.82 Å². The summed E-state index contributed by atoms with van der Waals surface area (Å²) in [6.45, 7) is -0.324. The van der Waals surface area contributed by atoms with Gasteiger partial charge in [-0.1, -0.05) is 46.6 Å². The van der Waals surface area contributed by atoms with Crippen molar-refractivity contribution in [3.63, 3.8) is 0 Å². The molecule has 1 aromatic heterocycles. The molecule has 3 rings (SSSR count). The number of anilines is 1. The first kappa shape index (κ1) is 21.7. The number of aromatic nitrogens is 3. The van der Waals surface area contributed by atoms with E-state index in [0.29, 0.717) is 16.4 Å². The number of nitrogens with zero attached hydrogens (tertiary/aromatic N) is 3. The smallest absolute Gasteiger partial charge is 0.321 e. The molecular formula is C19H16Cl2FN5O3. The van der Waals surface area contributed by atoms with E-state index in [-0.39, 0.29) is 23.7 Å². The van der Waals surface area contributed by atoms with Crippen molar-refractivity contribution >= 4 is 40.8 Å². The Morgan fingerprint density at radius 1 is 1.20 bits per heavy atom. The van der Waals surface area contributed by atoms with Crippen LogP contribution in [0.5, 0.6) is 0 Å². The number of amides is 1. The van der Waals surface area contributed by atoms with Gasteiger partial charge in [0.25, 0.3) is 0 Å². The summed E-state index contributed by atoms with van der Waals surface area (Å²) in [5, 5.41) is 22.7. The molecule has 2 aromatic carbocycles. The molecule has 0 saturated heterocycles. The zero-order chi connectivity index (χ0) is 21.7. The highest BCUT2D eigenvalue weighted by Crippen LogP contribution is 2.24. The number of carboxylic acids is 1. The highest BCUT2D eigenvalue weighted by atomic mass is 35.5. The van der Waals surface area contributed by atoms with E-state index in [9.17, 15) is 19.1 Å². The second-order valence-corrected chi connectivity index (χ2v) is 7.09. The highest BCUT2D eigenvalue weighted by Gasteiger charge is 2.20. The minimum Gasteiger partial charge on any atom is -0.480 e. The molecule has 1 heterocycles. The fourth-order valence-electron chi connectivity index (χ4n) is 2.71. The van der Waals surface area contributed by atoms with Crippen molar-refractivity contribution < 1.29 is 19.1 Å². The summed E-state index contributed by atoms with van der Waals surface area (Å²) in [6, 6.07) is 9.46. The zero-order valence-electron chi connectivity index (χ0n) is 15.3. The van der Waals surface area contributed by atoms with E-state index in [1.807, 2.05) is 0 Å². The molecule has 1 unspecified atom stereocenters. The van der Waals surface area contributed by atoms with Crippen LogP contribution in [0.2, 0.25) is 10.2 Å². The summed E-state index contributed by atoms with van der Waals surface area (Å²) >= 11 is 11.8. The van der Waals surface area contributed by atoms with Gasteiger partial charge in [-0.3, -0.25) is 14.9 Å². The number of carbonyl (C=O) groups is 2. The van der Waals surface area contributed by atoms with E-state index in [1.165, 1.54) is 35.1 Å². The van der Waals surface area contributed by atoms with Gasteiger partial charge in [0.15, 0.2) is 5.15 Å². The molecule has 0 fully saturated rings. The van der Waals surface area contributed by atoms with Gasteiger partial charge in [0.05, 0.1) is 24.1 Å². The van der Waals surface area contributed by atoms with E-state index >= 15 is 0 Å². The zero-order valence-corrected chi connectivity index (χ0v) is 16.9. The van der Waals surface area contributed by atoms with Crippen molar-refractivity contribution in [3.8, 4) is 5.69 Å². The van der Waals surface area contributed by atoms with Gasteiger partial charge >= 0.3 is 5.97 Å². The van der Waals surface area contributed by atoms with Crippen LogP contribution in [0.4, 0.5) is 10.1 Å². The first-order valence-electron chi connectivity index (χ1n) is 8.70. The number of hydrogen-bond donors (Lipinski definition) is 3. The largest absolute Gasteiger partial charge is 0.480 e. The number of rotatable bonds is 8. The van der Waals surface area contributed by atoms with Gasteiger partial charge < -0.3 is 10.4 Å². The SMILES string of the molecule is O=C(CNC(Cc1ccccc1F)C(=O)O)Nc1cc(Cl)ccc1-n1cc(Cl)nn1. The first-order chi connectivity index (χ1) is 14.3. The maximum atomic E-state index is 13.8. The van der Waals surface area contributed by atoms with Crippen molar-refractivity contribution in [1.82, 2.24) is 20.3 Å². The molecule has 3 aromatic rings. The van der Waals surface area contributed by atoms with Crippen LogP contribution < -0.4 is 10.6 Å². The minimum atomic E-state index is -1.20. The molecule has 8 nitrogen and oxygen atoms in total. The number of hydrogen-bond acceptors (Lipinski definition) is 5. The van der Waals surface area contributed by atoms with Gasteiger partial charge in [-0.05, 0) is 29.8 Å². The number of carbonyl (C=O) groups excluding carboxylic acids is 1. The molecule has 156 valence electrons. The molecule has 11 heteroatoms. The summed E-state index contributed by atoms with van der Waals surface area (Å²) in [5.41, 5.74) is 1.03. The molecule has 0 aliphatic rings. The van der Waals surface area contributed by atoms with E-state index in [4.69, 9.17) is 23.2 Å². The number of nitrogens with one attached hydrogen (secondary N) is 2. The van der Waals surface area contributed by atoms with Crippen LogP contribution in [0.25, 0.3) is 5.69 Å². The molecule has 1 amide bonds. The standard InChI is InChI=1S/C19H16Cl2FN5O3/c20-12-5-6-16(27-10-17(21)25-26-27)14(8-12)24-18(28)9-23-15(19(29)30)7-11-3-1-2-4-13(11)22/h1-6,8,10,15,23H,7,9H2,(H,24,28)(H,29,30). The van der Waals surface area contributed by atoms with Gasteiger partial charge in [-0.15, -0.1) is 5.10 Å². The number of benzene rings is 2. The number of carboxylic acid groups (broad SMARTS) is 1. The predicted molar refractivity (Wildman–Crippen MR) is 110 cm³/mol. The summed E-state index contributed by atoms with van der Waals surface area (Å²) in [4.78, 5) is 23.9. The second kappa shape index (κ2) is 9.66. The molecule has 0 radical (unpaired) electrons. The Bertz CT molecular complexity index is 1080. The van der Waals surface area contributed by atoms with Crippen molar-refractivity contribution in [2.45, 2.75) is 12.5 Å². The van der Waals surface area contributed by atoms with Crippen LogP contribution in [0.1, 0.15) is 5.56 Å². The summed E-state index contributed by atoms with van der Waals surface area (Å²) in [6.07, 6.45) is 1.34. The molecule has 30 heavy (non-hydrogen) atoms. The Kier molecular flexibility index (Phi) is 6.99. The van der Waals surface area contributed by atoms with E-state index < -0.39 is 23.7 Å². The first-order valence-corrected chi connectivity index (χ1v) is 9.46. The average molecular weight is 452 g/mol. The quantitative estimate of drug-likeness (QED) is 0.485. The lowest BCUT2D eigenvalue weighted by Gasteiger charge is -2.16. The van der Waals surface area contributed by atoms with Gasteiger partial charge in [-0.25, -0.2) is 9.07 Å². The van der Waals surface area contributed by atoms with E-state index in [0.717, 1.165) is 0 Å². The van der Waals surface area contributed by atoms with Crippen molar-refractivity contribution in [3.05, 3.63) is 70.2 Å². The van der Waals surface area contributed by atoms with E-state index in [2.05, 4.69) is 20.9 Å². The maximum Gasteiger partial charge on any atom is 0.321 e. The molecule has 3 N–H and O–H groups in total. The average Bonchev–Trinajstić information content (AvgIpc) is 3.12. The summed E-state index contributed by atoms with van der Waals surface area (Å²) in [7, 11) is 0. The fourth-order valence-corrected chi connectivity index (χ4v) is 3.01. The van der Waals surface area contributed by atoms with Gasteiger partial charge in [0, 0.05) is 11.4 Å². The van der Waals surface area contributed by atoms with Crippen molar-refractivity contribution in [1.29, 1.82) is 0 Å². The maximum absolute atomic E-state index is 13.8. The van der Waals surface area contributed by atoms with Crippen LogP contribution in [-0.2, 0) is 16.0 Å². The number of halogens is 3. The third kappa shape index (κ3) is 5.53. The van der Waals surface area contributed by atoms with Crippen LogP contribution in [-0.4, -0.2) is 44.6 Å². The Morgan fingerprint density at radius 2 is 1.97 bits per heavy atom. The van der Waals surface area contributed by atoms with E-state index in [1.54, 1.807) is 18.2 Å². The molecule has 0 saturated carbocycles. The molecular weight excluding hydrogens is 436 g/mol. The van der Waals surface area contributed by atoms with Crippen LogP contribution >= 0.6 is 23.2 Å². The van der Waals surface area contributed by atoms with Crippen LogP contribution in [0.3, 0.4) is 0 Å². The fraction of sp³-hybridized carbons (Fsp3) is 0.158. The Balaban J connectivity index is 1.68.